The largest absolute Gasteiger partial charge is 0.508 e. The van der Waals surface area contributed by atoms with E-state index < -0.39 is 90.4 Å². The lowest BCUT2D eigenvalue weighted by Crippen LogP contribution is -2.61. The van der Waals surface area contributed by atoms with Crippen LogP contribution in [0.15, 0.2) is 24.3 Å². The van der Waals surface area contributed by atoms with E-state index in [1.165, 1.54) is 12.1 Å². The van der Waals surface area contributed by atoms with Crippen molar-refractivity contribution < 1.29 is 43.8 Å². The highest BCUT2D eigenvalue weighted by Crippen LogP contribution is 2.19. The van der Waals surface area contributed by atoms with Gasteiger partial charge in [0.25, 0.3) is 0 Å². The Hall–Kier alpha value is -4.61. The molecule has 1 aliphatic heterocycles. The lowest BCUT2D eigenvalue weighted by molar-refractivity contribution is -0.144. The summed E-state index contributed by atoms with van der Waals surface area (Å²) in [4.78, 5) is 92.5. The van der Waals surface area contributed by atoms with Crippen molar-refractivity contribution >= 4 is 41.3 Å². The Balaban J connectivity index is 2.45. The minimum absolute atomic E-state index is 0.0242. The second-order valence-electron chi connectivity index (χ2n) is 13.6. The molecule has 13 N–H and O–H groups in total. The number of carbonyl (C=O) groups is 7. The molecule has 1 aromatic rings. The SMILES string of the molecule is CC(C)C[C@H](CC(=O)[C@H](Cc1ccc(O)cc1)NC(=O)[C@@H]1CNC(=O)C[C@H](N)C(=O)N[C@@H](CCCCN)C(=O)N[C@@H](CCCCN)C(=O)N1)C(=O)O. The van der Waals surface area contributed by atoms with Crippen LogP contribution in [0.25, 0.3) is 0 Å². The molecule has 17 heteroatoms. The van der Waals surface area contributed by atoms with Crippen molar-refractivity contribution in [3.05, 3.63) is 29.8 Å². The number of unbranched alkanes of at least 4 members (excludes halogenated alkanes) is 2. The summed E-state index contributed by atoms with van der Waals surface area (Å²) in [5.74, 6) is -6.57. The van der Waals surface area contributed by atoms with E-state index in [1.54, 1.807) is 12.1 Å². The number of nitrogens with two attached hydrogens (primary N) is 3. The summed E-state index contributed by atoms with van der Waals surface area (Å²) in [5, 5.41) is 32.5. The van der Waals surface area contributed by atoms with Crippen LogP contribution in [0.5, 0.6) is 5.75 Å². The number of aromatic hydroxyl groups is 1. The summed E-state index contributed by atoms with van der Waals surface area (Å²) in [5.41, 5.74) is 17.8. The number of hydrogen-bond acceptors (Lipinski definition) is 11. The molecule has 6 atom stereocenters. The van der Waals surface area contributed by atoms with Gasteiger partial charge in [0.05, 0.1) is 24.4 Å². The number of phenolic OH excluding ortho intramolecular Hbond substituents is 1. The quantitative estimate of drug-likeness (QED) is 0.0787. The Labute approximate surface area is 303 Å². The summed E-state index contributed by atoms with van der Waals surface area (Å²) in [6.45, 7) is 3.86. The molecule has 0 radical (unpaired) electrons. The number of amides is 5. The van der Waals surface area contributed by atoms with E-state index in [2.05, 4.69) is 26.6 Å². The topological polar surface area (TPSA) is 298 Å². The van der Waals surface area contributed by atoms with Gasteiger partial charge in [0.2, 0.25) is 29.5 Å². The summed E-state index contributed by atoms with van der Waals surface area (Å²) in [7, 11) is 0. The third-order valence-electron chi connectivity index (χ3n) is 8.67. The van der Waals surface area contributed by atoms with Crippen LogP contribution in [0.3, 0.4) is 0 Å². The first kappa shape index (κ1) is 43.6. The zero-order valence-electron chi connectivity index (χ0n) is 30.0. The summed E-state index contributed by atoms with van der Waals surface area (Å²) < 4.78 is 0. The van der Waals surface area contributed by atoms with Crippen molar-refractivity contribution in [1.29, 1.82) is 0 Å². The number of phenols is 1. The van der Waals surface area contributed by atoms with Crippen molar-refractivity contribution in [3.8, 4) is 5.75 Å². The van der Waals surface area contributed by atoms with Crippen LogP contribution in [0.4, 0.5) is 0 Å². The van der Waals surface area contributed by atoms with Crippen LogP contribution in [0.1, 0.15) is 77.2 Å². The minimum atomic E-state index is -1.47. The fourth-order valence-electron chi connectivity index (χ4n) is 5.75. The normalized spacial score (nSPS) is 21.5. The Morgan fingerprint density at radius 2 is 1.42 bits per heavy atom. The van der Waals surface area contributed by atoms with Gasteiger partial charge in [-0.15, -0.1) is 0 Å². The van der Waals surface area contributed by atoms with Gasteiger partial charge in [-0.1, -0.05) is 26.0 Å². The molecule has 0 saturated carbocycles. The Bertz CT molecular complexity index is 1370. The van der Waals surface area contributed by atoms with E-state index >= 15 is 0 Å². The van der Waals surface area contributed by atoms with Gasteiger partial charge in [0.15, 0.2) is 5.78 Å². The predicted molar refractivity (Wildman–Crippen MR) is 191 cm³/mol. The van der Waals surface area contributed by atoms with E-state index in [0.29, 0.717) is 44.3 Å². The Kier molecular flexibility index (Phi) is 18.7. The summed E-state index contributed by atoms with van der Waals surface area (Å²) in [6.07, 6.45) is 1.59. The molecule has 1 heterocycles. The standard InChI is InChI=1S/C35H56N8O9/c1-20(2)15-22(35(51)52)17-29(45)27(16-21-9-11-23(44)12-10-21)42-34(50)28-19-39-30(46)18-24(38)31(47)40-25(7-3-5-13-36)32(48)41-26(33(49)43-28)8-4-6-14-37/h9-12,20,22,24-28,44H,3-8,13-19,36-38H2,1-2H3,(H,39,46)(H,40,47)(H,41,48)(H,42,50)(H,43,49)(H,51,52)/t22-,24+,25+,26+,27+,28+/m1/s1. The van der Waals surface area contributed by atoms with Gasteiger partial charge in [-0.2, -0.15) is 0 Å². The number of benzene rings is 1. The number of ketones is 1. The molecule has 17 nitrogen and oxygen atoms in total. The van der Waals surface area contributed by atoms with E-state index in [0.717, 1.165) is 0 Å². The molecule has 0 aliphatic carbocycles. The minimum Gasteiger partial charge on any atom is -0.508 e. The van der Waals surface area contributed by atoms with Crippen molar-refractivity contribution in [3.63, 3.8) is 0 Å². The molecule has 52 heavy (non-hydrogen) atoms. The molecule has 0 bridgehead atoms. The third-order valence-corrected chi connectivity index (χ3v) is 8.67. The van der Waals surface area contributed by atoms with Crippen molar-refractivity contribution in [2.24, 2.45) is 29.0 Å². The number of rotatable bonds is 18. The highest BCUT2D eigenvalue weighted by Gasteiger charge is 2.34. The van der Waals surface area contributed by atoms with Crippen LogP contribution >= 0.6 is 0 Å². The van der Waals surface area contributed by atoms with E-state index in [1.807, 2.05) is 13.8 Å². The van der Waals surface area contributed by atoms with Gasteiger partial charge in [-0.05, 0) is 88.1 Å². The molecule has 1 fully saturated rings. The van der Waals surface area contributed by atoms with Crippen LogP contribution in [0.2, 0.25) is 0 Å². The molecule has 0 aromatic heterocycles. The Morgan fingerprint density at radius 1 is 0.865 bits per heavy atom. The number of nitrogens with one attached hydrogen (secondary N) is 5. The van der Waals surface area contributed by atoms with Crippen LogP contribution in [0, 0.1) is 11.8 Å². The second kappa shape index (κ2) is 22.4. The number of aliphatic carboxylic acids is 1. The molecule has 5 amide bonds. The average molecular weight is 733 g/mol. The monoisotopic (exact) mass is 732 g/mol. The van der Waals surface area contributed by atoms with Gasteiger partial charge in [-0.25, -0.2) is 0 Å². The fourth-order valence-corrected chi connectivity index (χ4v) is 5.75. The Morgan fingerprint density at radius 3 is 1.96 bits per heavy atom. The van der Waals surface area contributed by atoms with Gasteiger partial charge in [-0.3, -0.25) is 33.6 Å². The first-order valence-electron chi connectivity index (χ1n) is 17.8. The fraction of sp³-hybridized carbons (Fsp3) is 0.629. The van der Waals surface area contributed by atoms with Crippen molar-refractivity contribution in [1.82, 2.24) is 26.6 Å². The number of hydrogen-bond donors (Lipinski definition) is 10. The zero-order chi connectivity index (χ0) is 38.8. The molecular weight excluding hydrogens is 676 g/mol. The number of carboxylic acid groups (broad SMARTS) is 1. The third kappa shape index (κ3) is 15.3. The zero-order valence-corrected chi connectivity index (χ0v) is 30.0. The molecule has 2 rings (SSSR count). The lowest BCUT2D eigenvalue weighted by atomic mass is 9.89. The second-order valence-corrected chi connectivity index (χ2v) is 13.6. The van der Waals surface area contributed by atoms with E-state index in [4.69, 9.17) is 17.2 Å². The number of Topliss-reactive ketones (excluding diaryl/α,β-unsaturated/α-hetero) is 1. The van der Waals surface area contributed by atoms with Crippen LogP contribution < -0.4 is 43.8 Å². The number of carboxylic acids is 1. The van der Waals surface area contributed by atoms with Crippen molar-refractivity contribution in [2.75, 3.05) is 19.6 Å². The molecule has 0 spiro atoms. The van der Waals surface area contributed by atoms with Gasteiger partial charge >= 0.3 is 5.97 Å². The van der Waals surface area contributed by atoms with E-state index in [9.17, 15) is 43.8 Å². The van der Waals surface area contributed by atoms with Gasteiger partial charge in [0.1, 0.15) is 23.9 Å². The molecule has 1 aromatic carbocycles. The van der Waals surface area contributed by atoms with Gasteiger partial charge in [0, 0.05) is 13.0 Å². The first-order valence-corrected chi connectivity index (χ1v) is 17.8. The van der Waals surface area contributed by atoms with Crippen molar-refractivity contribution in [2.45, 2.75) is 108 Å². The maximum Gasteiger partial charge on any atom is 0.306 e. The van der Waals surface area contributed by atoms with Gasteiger partial charge < -0.3 is 54.0 Å². The predicted octanol–water partition coefficient (Wildman–Crippen LogP) is -1.31. The molecular formula is C35H56N8O9. The molecule has 1 aliphatic rings. The maximum atomic E-state index is 13.9. The van der Waals surface area contributed by atoms with Crippen LogP contribution in [-0.2, 0) is 40.0 Å². The summed E-state index contributed by atoms with van der Waals surface area (Å²) >= 11 is 0. The highest BCUT2D eigenvalue weighted by atomic mass is 16.4. The molecule has 290 valence electrons. The average Bonchev–Trinajstić information content (AvgIpc) is 3.08. The summed E-state index contributed by atoms with van der Waals surface area (Å²) in [6, 6.07) is -0.422. The lowest BCUT2D eigenvalue weighted by Gasteiger charge is -2.28. The maximum absolute atomic E-state index is 13.9. The highest BCUT2D eigenvalue weighted by molar-refractivity contribution is 5.97. The molecule has 0 unspecified atom stereocenters. The number of carbonyl (C=O) groups excluding carboxylic acids is 6. The molecule has 1 saturated heterocycles. The first-order chi connectivity index (χ1) is 24.6. The smallest absolute Gasteiger partial charge is 0.306 e. The van der Waals surface area contributed by atoms with E-state index in [-0.39, 0.29) is 43.8 Å². The van der Waals surface area contributed by atoms with Crippen LogP contribution in [-0.4, -0.2) is 101 Å².